The Morgan fingerprint density at radius 2 is 1.88 bits per heavy atom. The second-order valence-corrected chi connectivity index (χ2v) is 5.20. The van der Waals surface area contributed by atoms with Gasteiger partial charge in [0.1, 0.15) is 5.76 Å². The second kappa shape index (κ2) is 8.08. The van der Waals surface area contributed by atoms with Crippen LogP contribution in [-0.4, -0.2) is 47.0 Å². The minimum absolute atomic E-state index is 0.0663. The zero-order chi connectivity index (χ0) is 18.4. The Hall–Kier alpha value is -3.17. The van der Waals surface area contributed by atoms with E-state index >= 15 is 0 Å². The van der Waals surface area contributed by atoms with Crippen molar-refractivity contribution in [1.29, 1.82) is 0 Å². The van der Waals surface area contributed by atoms with Crippen LogP contribution in [0.3, 0.4) is 0 Å². The first-order chi connectivity index (χ1) is 11.9. The molecule has 0 fully saturated rings. The molecule has 0 aromatic carbocycles. The van der Waals surface area contributed by atoms with Gasteiger partial charge in [0.05, 0.1) is 45.0 Å². The summed E-state index contributed by atoms with van der Waals surface area (Å²) < 4.78 is 15.5. The molecule has 0 bridgehead atoms. The van der Waals surface area contributed by atoms with Crippen molar-refractivity contribution in [2.75, 3.05) is 19.5 Å². The lowest BCUT2D eigenvalue weighted by atomic mass is 10.1. The third-order valence-electron chi connectivity index (χ3n) is 3.35. The van der Waals surface area contributed by atoms with Crippen molar-refractivity contribution in [2.45, 2.75) is 25.8 Å². The average molecular weight is 350 g/mol. The highest BCUT2D eigenvalue weighted by atomic mass is 16.5. The fraction of sp³-hybridized carbons (Fsp3) is 0.400. The van der Waals surface area contributed by atoms with E-state index in [1.165, 1.54) is 37.4 Å². The van der Waals surface area contributed by atoms with Crippen molar-refractivity contribution in [3.05, 3.63) is 29.9 Å². The third kappa shape index (κ3) is 4.90. The van der Waals surface area contributed by atoms with Crippen LogP contribution < -0.4 is 5.32 Å². The zero-order valence-electron chi connectivity index (χ0n) is 14.0. The molecule has 0 saturated heterocycles. The van der Waals surface area contributed by atoms with Gasteiger partial charge in [-0.3, -0.25) is 19.1 Å². The van der Waals surface area contributed by atoms with Gasteiger partial charge in [-0.05, 0) is 6.92 Å². The second-order valence-electron chi connectivity index (χ2n) is 5.20. The number of aryl methyl sites for hydroxylation is 1. The number of ether oxygens (including phenoxy) is 2. The van der Waals surface area contributed by atoms with Gasteiger partial charge < -0.3 is 19.3 Å². The van der Waals surface area contributed by atoms with Crippen LogP contribution in [0.25, 0.3) is 0 Å². The Morgan fingerprint density at radius 3 is 2.40 bits per heavy atom. The van der Waals surface area contributed by atoms with E-state index in [2.05, 4.69) is 25.0 Å². The molecule has 0 unspecified atom stereocenters. The van der Waals surface area contributed by atoms with Crippen LogP contribution in [0.2, 0.25) is 0 Å². The number of rotatable bonds is 7. The van der Waals surface area contributed by atoms with Crippen LogP contribution >= 0.6 is 0 Å². The number of aromatic nitrogens is 3. The molecule has 1 amide bonds. The number of carbonyl (C=O) groups is 3. The van der Waals surface area contributed by atoms with Gasteiger partial charge in [-0.2, -0.15) is 5.10 Å². The number of methoxy groups -OCH3 is 2. The minimum Gasteiger partial charge on any atom is -0.469 e. The maximum Gasteiger partial charge on any atom is 0.307 e. The lowest BCUT2D eigenvalue weighted by Gasteiger charge is -2.15. The van der Waals surface area contributed by atoms with Crippen LogP contribution in [0.1, 0.15) is 35.1 Å². The molecule has 0 aliphatic heterocycles. The molecule has 0 spiro atoms. The van der Waals surface area contributed by atoms with E-state index in [0.29, 0.717) is 11.4 Å². The van der Waals surface area contributed by atoms with Crippen molar-refractivity contribution in [1.82, 2.24) is 14.9 Å². The first kappa shape index (κ1) is 18.2. The molecule has 10 nitrogen and oxygen atoms in total. The highest BCUT2D eigenvalue weighted by molar-refractivity contribution is 6.02. The normalized spacial score (nSPS) is 10.6. The third-order valence-corrected chi connectivity index (χ3v) is 3.35. The van der Waals surface area contributed by atoms with E-state index in [1.807, 2.05) is 0 Å². The Kier molecular flexibility index (Phi) is 5.88. The minimum atomic E-state index is -0.597. The van der Waals surface area contributed by atoms with Gasteiger partial charge in [-0.25, -0.2) is 0 Å². The summed E-state index contributed by atoms with van der Waals surface area (Å²) in [5, 5.41) is 10.3. The fourth-order valence-corrected chi connectivity index (χ4v) is 2.08. The number of anilines is 1. The highest BCUT2D eigenvalue weighted by Crippen LogP contribution is 2.19. The molecule has 134 valence electrons. The van der Waals surface area contributed by atoms with Crippen molar-refractivity contribution >= 4 is 23.5 Å². The van der Waals surface area contributed by atoms with E-state index < -0.39 is 23.9 Å². The lowest BCUT2D eigenvalue weighted by molar-refractivity contribution is -0.144. The van der Waals surface area contributed by atoms with Gasteiger partial charge in [-0.1, -0.05) is 5.16 Å². The Balaban J connectivity index is 2.10. The standard InChI is InChI=1S/C15H18N4O6/c1-9-4-12(18-25-9)15(22)17-10-7-16-19(8-10)11(5-13(20)23-2)6-14(21)24-3/h4,7-8,11H,5-6H2,1-3H3,(H,17,22). The topological polar surface area (TPSA) is 126 Å². The molecular formula is C15H18N4O6. The quantitative estimate of drug-likeness (QED) is 0.736. The molecule has 0 radical (unpaired) electrons. The Morgan fingerprint density at radius 1 is 1.24 bits per heavy atom. The van der Waals surface area contributed by atoms with Crippen LogP contribution in [0.4, 0.5) is 5.69 Å². The van der Waals surface area contributed by atoms with Gasteiger partial charge in [0.2, 0.25) is 0 Å². The predicted octanol–water partition coefficient (Wildman–Crippen LogP) is 1.10. The Bertz CT molecular complexity index is 748. The van der Waals surface area contributed by atoms with Crippen LogP contribution in [-0.2, 0) is 19.1 Å². The fourth-order valence-electron chi connectivity index (χ4n) is 2.08. The number of nitrogens with zero attached hydrogens (tertiary/aromatic N) is 3. The zero-order valence-corrected chi connectivity index (χ0v) is 14.0. The highest BCUT2D eigenvalue weighted by Gasteiger charge is 2.22. The smallest absolute Gasteiger partial charge is 0.307 e. The number of hydrogen-bond acceptors (Lipinski definition) is 8. The molecule has 2 heterocycles. The van der Waals surface area contributed by atoms with Gasteiger partial charge >= 0.3 is 11.9 Å². The largest absolute Gasteiger partial charge is 0.469 e. The Labute approximate surface area is 143 Å². The van der Waals surface area contributed by atoms with Crippen molar-refractivity contribution in [2.24, 2.45) is 0 Å². The van der Waals surface area contributed by atoms with E-state index in [0.717, 1.165) is 0 Å². The van der Waals surface area contributed by atoms with Crippen LogP contribution in [0, 0.1) is 6.92 Å². The molecule has 2 aromatic heterocycles. The summed E-state index contributed by atoms with van der Waals surface area (Å²) in [6.07, 6.45) is 2.76. The molecule has 25 heavy (non-hydrogen) atoms. The van der Waals surface area contributed by atoms with E-state index in [9.17, 15) is 14.4 Å². The number of hydrogen-bond donors (Lipinski definition) is 1. The maximum atomic E-state index is 12.0. The molecule has 0 saturated carbocycles. The summed E-state index contributed by atoms with van der Waals surface area (Å²) in [6.45, 7) is 1.67. The van der Waals surface area contributed by atoms with Crippen LogP contribution in [0.15, 0.2) is 23.0 Å². The molecule has 0 aliphatic carbocycles. The van der Waals surface area contributed by atoms with Crippen molar-refractivity contribution in [3.8, 4) is 0 Å². The molecule has 1 N–H and O–H groups in total. The summed E-state index contributed by atoms with van der Waals surface area (Å²) in [5.74, 6) is -0.938. The SMILES string of the molecule is COC(=O)CC(CC(=O)OC)n1cc(NC(=O)c2cc(C)on2)cn1. The number of nitrogens with one attached hydrogen (secondary N) is 1. The summed E-state index contributed by atoms with van der Waals surface area (Å²) in [5.41, 5.74) is 0.510. The number of carbonyl (C=O) groups excluding carboxylic acids is 3. The summed E-state index contributed by atoms with van der Waals surface area (Å²) in [4.78, 5) is 35.1. The molecule has 10 heteroatoms. The molecule has 0 aliphatic rings. The summed E-state index contributed by atoms with van der Waals surface area (Å²) >= 11 is 0. The average Bonchev–Trinajstić information content (AvgIpc) is 3.23. The summed E-state index contributed by atoms with van der Waals surface area (Å²) in [6, 6.07) is 0.900. The van der Waals surface area contributed by atoms with E-state index in [-0.39, 0.29) is 18.5 Å². The molecule has 2 rings (SSSR count). The van der Waals surface area contributed by atoms with Gasteiger partial charge in [0.15, 0.2) is 5.69 Å². The summed E-state index contributed by atoms with van der Waals surface area (Å²) in [7, 11) is 2.51. The van der Waals surface area contributed by atoms with Gasteiger partial charge in [0.25, 0.3) is 5.91 Å². The van der Waals surface area contributed by atoms with Crippen LogP contribution in [0.5, 0.6) is 0 Å². The van der Waals surface area contributed by atoms with Crippen molar-refractivity contribution < 1.29 is 28.4 Å². The van der Waals surface area contributed by atoms with E-state index in [4.69, 9.17) is 4.52 Å². The predicted molar refractivity (Wildman–Crippen MR) is 83.7 cm³/mol. The van der Waals surface area contributed by atoms with E-state index in [1.54, 1.807) is 6.92 Å². The first-order valence-electron chi connectivity index (χ1n) is 7.35. The van der Waals surface area contributed by atoms with Gasteiger partial charge in [-0.15, -0.1) is 0 Å². The number of amides is 1. The molecular weight excluding hydrogens is 332 g/mol. The number of esters is 2. The van der Waals surface area contributed by atoms with Gasteiger partial charge in [0, 0.05) is 12.3 Å². The monoisotopic (exact) mass is 350 g/mol. The van der Waals surface area contributed by atoms with Crippen molar-refractivity contribution in [3.63, 3.8) is 0 Å². The molecule has 2 aromatic rings. The maximum absolute atomic E-state index is 12.0. The lowest BCUT2D eigenvalue weighted by Crippen LogP contribution is -2.19. The molecule has 0 atom stereocenters. The first-order valence-corrected chi connectivity index (χ1v) is 7.35.